The van der Waals surface area contributed by atoms with Crippen LogP contribution < -0.4 is 9.64 Å². The lowest BCUT2D eigenvalue weighted by Crippen LogP contribution is -2.52. The number of anilines is 1. The summed E-state index contributed by atoms with van der Waals surface area (Å²) in [6.07, 6.45) is -2.37. The minimum absolute atomic E-state index is 0.0836. The summed E-state index contributed by atoms with van der Waals surface area (Å²) in [5.41, 5.74) is 2.12. The molecule has 1 aliphatic carbocycles. The van der Waals surface area contributed by atoms with E-state index in [9.17, 15) is 32.7 Å². The molecule has 0 bridgehead atoms. The Morgan fingerprint density at radius 1 is 0.902 bits per heavy atom. The molecule has 7 nitrogen and oxygen atoms in total. The number of hydrogen-bond donors (Lipinski definition) is 1. The number of fused-ring (bicyclic) bond motifs is 2. The van der Waals surface area contributed by atoms with Crippen molar-refractivity contribution >= 4 is 23.5 Å². The summed E-state index contributed by atoms with van der Waals surface area (Å²) in [6.45, 7) is 0.233. The van der Waals surface area contributed by atoms with E-state index >= 15 is 0 Å². The number of alkyl halides is 3. The molecule has 214 valence electrons. The van der Waals surface area contributed by atoms with Gasteiger partial charge in [-0.3, -0.25) is 14.4 Å². The van der Waals surface area contributed by atoms with Gasteiger partial charge < -0.3 is 19.6 Å². The quantitative estimate of drug-likeness (QED) is 0.338. The lowest BCUT2D eigenvalue weighted by Gasteiger charge is -2.47. The van der Waals surface area contributed by atoms with Crippen LogP contribution in [-0.2, 0) is 4.79 Å². The number of carbonyl (C=O) groups is 3. The zero-order chi connectivity index (χ0) is 29.1. The van der Waals surface area contributed by atoms with Gasteiger partial charge in [0.05, 0.1) is 6.04 Å². The highest BCUT2D eigenvalue weighted by Crippen LogP contribution is 2.51. The molecular formula is C31H29F3N2O5. The summed E-state index contributed by atoms with van der Waals surface area (Å²) < 4.78 is 41.9. The van der Waals surface area contributed by atoms with Crippen LogP contribution in [0.3, 0.4) is 0 Å². The molecule has 1 heterocycles. The fourth-order valence-corrected chi connectivity index (χ4v) is 6.14. The molecule has 3 aromatic rings. The minimum atomic E-state index is -4.84. The molecular weight excluding hydrogens is 537 g/mol. The largest absolute Gasteiger partial charge is 0.573 e. The molecule has 41 heavy (non-hydrogen) atoms. The van der Waals surface area contributed by atoms with Gasteiger partial charge in [-0.15, -0.1) is 13.2 Å². The Hall–Kier alpha value is -4.34. The molecule has 5 rings (SSSR count). The van der Waals surface area contributed by atoms with Crippen LogP contribution in [0, 0.1) is 5.92 Å². The molecule has 0 aromatic heterocycles. The predicted octanol–water partition coefficient (Wildman–Crippen LogP) is 6.46. The van der Waals surface area contributed by atoms with Gasteiger partial charge in [-0.1, -0.05) is 42.8 Å². The first-order valence-electron chi connectivity index (χ1n) is 13.5. The number of amides is 2. The zero-order valence-corrected chi connectivity index (χ0v) is 22.1. The summed E-state index contributed by atoms with van der Waals surface area (Å²) in [5, 5.41) is 9.27. The molecule has 1 N–H and O–H groups in total. The zero-order valence-electron chi connectivity index (χ0n) is 22.1. The molecule has 2 aliphatic rings. The number of carboxylic acids is 1. The number of halogens is 3. The Morgan fingerprint density at radius 2 is 1.59 bits per heavy atom. The molecule has 1 aliphatic heterocycles. The second-order valence-corrected chi connectivity index (χ2v) is 10.3. The highest BCUT2D eigenvalue weighted by atomic mass is 19.4. The Morgan fingerprint density at radius 3 is 2.27 bits per heavy atom. The molecule has 0 radical (unpaired) electrons. The highest BCUT2D eigenvalue weighted by molar-refractivity contribution is 6.07. The van der Waals surface area contributed by atoms with Gasteiger partial charge in [-0.05, 0) is 67.3 Å². The van der Waals surface area contributed by atoms with Crippen molar-refractivity contribution in [2.45, 2.75) is 50.6 Å². The Kier molecular flexibility index (Phi) is 8.01. The van der Waals surface area contributed by atoms with E-state index in [1.165, 1.54) is 12.1 Å². The SMILES string of the molecule is O=C(O)CCCN(C(=O)c1ccccc1)[C@H]1c2ccccc2N(C(=O)c2ccc(OC(F)(F)F)cc2)[C@@H]2CCC[C@@H]21. The van der Waals surface area contributed by atoms with Gasteiger partial charge >= 0.3 is 12.3 Å². The van der Waals surface area contributed by atoms with Crippen LogP contribution in [0.1, 0.15) is 64.4 Å². The number of hydrogen-bond acceptors (Lipinski definition) is 4. The second kappa shape index (κ2) is 11.6. The summed E-state index contributed by atoms with van der Waals surface area (Å²) in [7, 11) is 0. The van der Waals surface area contributed by atoms with Gasteiger partial charge in [0.15, 0.2) is 0 Å². The smallest absolute Gasteiger partial charge is 0.481 e. The molecule has 3 aromatic carbocycles. The van der Waals surface area contributed by atoms with Gasteiger partial charge in [0.1, 0.15) is 5.75 Å². The Balaban J connectivity index is 1.53. The number of aliphatic carboxylic acids is 1. The lowest BCUT2D eigenvalue weighted by molar-refractivity contribution is -0.274. The average Bonchev–Trinajstić information content (AvgIpc) is 3.43. The normalized spacial score (nSPS) is 19.7. The van der Waals surface area contributed by atoms with Crippen LogP contribution >= 0.6 is 0 Å². The molecule has 2 amide bonds. The van der Waals surface area contributed by atoms with Crippen LogP contribution in [0.2, 0.25) is 0 Å². The Bertz CT molecular complexity index is 1410. The lowest BCUT2D eigenvalue weighted by atomic mass is 9.81. The van der Waals surface area contributed by atoms with Gasteiger partial charge in [-0.2, -0.15) is 0 Å². The summed E-state index contributed by atoms with van der Waals surface area (Å²) >= 11 is 0. The standard InChI is InChI=1S/C31H29F3N2O5/c32-31(33,34)41-22-17-15-21(16-18-22)30(40)36-25-12-5-4-10-23(25)28(24-11-6-13-26(24)36)35(19-7-14-27(37)38)29(39)20-8-2-1-3-9-20/h1-5,8-10,12,15-18,24,26,28H,6-7,11,13-14,19H2,(H,37,38)/t24-,26+,28-/m0/s1. The first-order chi connectivity index (χ1) is 19.6. The van der Waals surface area contributed by atoms with Gasteiger partial charge in [-0.25, -0.2) is 0 Å². The molecule has 1 saturated carbocycles. The van der Waals surface area contributed by atoms with E-state index in [4.69, 9.17) is 0 Å². The molecule has 0 unspecified atom stereocenters. The van der Waals surface area contributed by atoms with Crippen LogP contribution in [0.5, 0.6) is 5.75 Å². The van der Waals surface area contributed by atoms with Crippen molar-refractivity contribution in [3.8, 4) is 5.75 Å². The number of rotatable bonds is 8. The van der Waals surface area contributed by atoms with Crippen molar-refractivity contribution < 1.29 is 37.4 Å². The van der Waals surface area contributed by atoms with E-state index < -0.39 is 18.1 Å². The summed E-state index contributed by atoms with van der Waals surface area (Å²) in [4.78, 5) is 42.6. The maximum atomic E-state index is 13.9. The van der Waals surface area contributed by atoms with E-state index in [1.807, 2.05) is 24.3 Å². The Labute approximate surface area is 235 Å². The third-order valence-corrected chi connectivity index (χ3v) is 7.74. The maximum Gasteiger partial charge on any atom is 0.573 e. The summed E-state index contributed by atoms with van der Waals surface area (Å²) in [5.74, 6) is -2.02. The second-order valence-electron chi connectivity index (χ2n) is 10.3. The topological polar surface area (TPSA) is 87.2 Å². The van der Waals surface area contributed by atoms with Crippen LogP contribution in [0.25, 0.3) is 0 Å². The van der Waals surface area contributed by atoms with Crippen molar-refractivity contribution in [1.29, 1.82) is 0 Å². The summed E-state index contributed by atoms with van der Waals surface area (Å²) in [6, 6.07) is 20.4. The highest BCUT2D eigenvalue weighted by Gasteiger charge is 2.48. The van der Waals surface area contributed by atoms with Crippen molar-refractivity contribution in [3.63, 3.8) is 0 Å². The number of ether oxygens (including phenoxy) is 1. The number of carbonyl (C=O) groups excluding carboxylic acids is 2. The number of carboxylic acid groups (broad SMARTS) is 1. The van der Waals surface area contributed by atoms with Crippen molar-refractivity contribution in [1.82, 2.24) is 4.90 Å². The average molecular weight is 567 g/mol. The third kappa shape index (κ3) is 6.06. The fourth-order valence-electron chi connectivity index (χ4n) is 6.14. The first kappa shape index (κ1) is 28.2. The number of nitrogens with zero attached hydrogens (tertiary/aromatic N) is 2. The minimum Gasteiger partial charge on any atom is -0.481 e. The van der Waals surface area contributed by atoms with E-state index in [-0.39, 0.29) is 54.8 Å². The number of benzene rings is 3. The van der Waals surface area contributed by atoms with E-state index in [0.717, 1.165) is 30.5 Å². The first-order valence-corrected chi connectivity index (χ1v) is 13.5. The van der Waals surface area contributed by atoms with E-state index in [2.05, 4.69) is 4.74 Å². The van der Waals surface area contributed by atoms with Crippen molar-refractivity contribution in [2.75, 3.05) is 11.4 Å². The van der Waals surface area contributed by atoms with Crippen molar-refractivity contribution in [2.24, 2.45) is 5.92 Å². The molecule has 0 spiro atoms. The third-order valence-electron chi connectivity index (χ3n) is 7.74. The van der Waals surface area contributed by atoms with Crippen molar-refractivity contribution in [3.05, 3.63) is 95.6 Å². The molecule has 0 saturated heterocycles. The van der Waals surface area contributed by atoms with Gasteiger partial charge in [0, 0.05) is 41.7 Å². The predicted molar refractivity (Wildman–Crippen MR) is 145 cm³/mol. The van der Waals surface area contributed by atoms with Crippen LogP contribution in [-0.4, -0.2) is 46.7 Å². The van der Waals surface area contributed by atoms with Crippen LogP contribution in [0.15, 0.2) is 78.9 Å². The monoisotopic (exact) mass is 566 g/mol. The molecule has 3 atom stereocenters. The van der Waals surface area contributed by atoms with Gasteiger partial charge in [0.2, 0.25) is 0 Å². The molecule has 1 fully saturated rings. The maximum absolute atomic E-state index is 13.9. The fraction of sp³-hybridized carbons (Fsp3) is 0.323. The molecule has 10 heteroatoms. The van der Waals surface area contributed by atoms with E-state index in [1.54, 1.807) is 40.1 Å². The van der Waals surface area contributed by atoms with Crippen LogP contribution in [0.4, 0.5) is 18.9 Å². The van der Waals surface area contributed by atoms with E-state index in [0.29, 0.717) is 17.7 Å². The number of para-hydroxylation sites is 1. The van der Waals surface area contributed by atoms with Gasteiger partial charge in [0.25, 0.3) is 11.8 Å².